The van der Waals surface area contributed by atoms with E-state index in [0.717, 1.165) is 29.4 Å². The Labute approximate surface area is 92.0 Å². The average molecular weight is 223 g/mol. The van der Waals surface area contributed by atoms with E-state index in [1.807, 2.05) is 11.5 Å². The maximum Gasteiger partial charge on any atom is 0.180 e. The number of rotatable bonds is 3. The largest absolute Gasteiger partial charge is 0.375 e. The van der Waals surface area contributed by atoms with Gasteiger partial charge in [-0.15, -0.1) is 10.2 Å². The van der Waals surface area contributed by atoms with E-state index >= 15 is 0 Å². The van der Waals surface area contributed by atoms with Crippen LogP contribution in [0, 0.1) is 6.92 Å². The van der Waals surface area contributed by atoms with Gasteiger partial charge in [-0.25, -0.2) is 4.98 Å². The zero-order valence-electron chi connectivity index (χ0n) is 8.77. The van der Waals surface area contributed by atoms with Crippen molar-refractivity contribution in [3.05, 3.63) is 12.0 Å². The van der Waals surface area contributed by atoms with Crippen molar-refractivity contribution in [2.75, 3.05) is 5.73 Å². The summed E-state index contributed by atoms with van der Waals surface area (Å²) in [4.78, 5) is 5.20. The Morgan fingerprint density at radius 3 is 2.93 bits per heavy atom. The van der Waals surface area contributed by atoms with Gasteiger partial charge in [-0.2, -0.15) is 0 Å². The van der Waals surface area contributed by atoms with E-state index in [2.05, 4.69) is 22.1 Å². The molecule has 0 saturated carbocycles. The Morgan fingerprint density at radius 2 is 2.33 bits per heavy atom. The second-order valence-electron chi connectivity index (χ2n) is 3.31. The molecule has 6 heteroatoms. The summed E-state index contributed by atoms with van der Waals surface area (Å²) in [6.45, 7) is 4.98. The van der Waals surface area contributed by atoms with Crippen LogP contribution < -0.4 is 5.73 Å². The summed E-state index contributed by atoms with van der Waals surface area (Å²) in [6, 6.07) is 0. The van der Waals surface area contributed by atoms with Gasteiger partial charge in [0.05, 0.1) is 10.6 Å². The summed E-state index contributed by atoms with van der Waals surface area (Å²) in [5.41, 5.74) is 6.58. The fourth-order valence-electron chi connectivity index (χ4n) is 1.46. The zero-order valence-corrected chi connectivity index (χ0v) is 9.58. The maximum atomic E-state index is 5.66. The molecule has 0 fully saturated rings. The van der Waals surface area contributed by atoms with Gasteiger partial charge in [-0.1, -0.05) is 18.3 Å². The second kappa shape index (κ2) is 3.98. The monoisotopic (exact) mass is 223 g/mol. The summed E-state index contributed by atoms with van der Waals surface area (Å²) in [7, 11) is 0. The van der Waals surface area contributed by atoms with Gasteiger partial charge in [-0.05, 0) is 13.3 Å². The maximum absolute atomic E-state index is 5.66. The molecule has 0 aliphatic heterocycles. The van der Waals surface area contributed by atoms with Crippen molar-refractivity contribution >= 4 is 16.5 Å². The first-order valence-electron chi connectivity index (χ1n) is 4.83. The van der Waals surface area contributed by atoms with E-state index < -0.39 is 0 Å². The Balaban J connectivity index is 2.44. The van der Waals surface area contributed by atoms with Crippen LogP contribution >= 0.6 is 11.3 Å². The first-order valence-corrected chi connectivity index (χ1v) is 5.65. The SMILES string of the molecule is CCCn1cnnc1-c1sc(N)nc1C. The third kappa shape index (κ3) is 1.85. The average Bonchev–Trinajstić information content (AvgIpc) is 2.73. The lowest BCUT2D eigenvalue weighted by molar-refractivity contribution is 0.683. The van der Waals surface area contributed by atoms with Crippen molar-refractivity contribution in [3.63, 3.8) is 0 Å². The van der Waals surface area contributed by atoms with Crippen LogP contribution in [0.1, 0.15) is 19.0 Å². The fourth-order valence-corrected chi connectivity index (χ4v) is 2.29. The molecule has 0 radical (unpaired) electrons. The molecule has 5 nitrogen and oxygen atoms in total. The number of nitrogens with zero attached hydrogens (tertiary/aromatic N) is 4. The third-order valence-electron chi connectivity index (χ3n) is 2.10. The molecule has 0 aromatic carbocycles. The summed E-state index contributed by atoms with van der Waals surface area (Å²) in [6.07, 6.45) is 2.80. The number of hydrogen-bond donors (Lipinski definition) is 1. The molecule has 2 aromatic heterocycles. The van der Waals surface area contributed by atoms with Crippen LogP contribution in [0.25, 0.3) is 10.7 Å². The van der Waals surface area contributed by atoms with Gasteiger partial charge in [0.15, 0.2) is 11.0 Å². The number of thiazole rings is 1. The highest BCUT2D eigenvalue weighted by Gasteiger charge is 2.13. The van der Waals surface area contributed by atoms with E-state index in [1.54, 1.807) is 6.33 Å². The van der Waals surface area contributed by atoms with E-state index in [1.165, 1.54) is 11.3 Å². The Morgan fingerprint density at radius 1 is 1.53 bits per heavy atom. The molecule has 2 N–H and O–H groups in total. The molecule has 0 spiro atoms. The normalized spacial score (nSPS) is 10.8. The van der Waals surface area contributed by atoms with Crippen LogP contribution in [0.15, 0.2) is 6.33 Å². The minimum atomic E-state index is 0.577. The highest BCUT2D eigenvalue weighted by Crippen LogP contribution is 2.29. The summed E-state index contributed by atoms with van der Waals surface area (Å²) in [5, 5.41) is 8.60. The van der Waals surface area contributed by atoms with Crippen LogP contribution in [-0.2, 0) is 6.54 Å². The van der Waals surface area contributed by atoms with E-state index in [9.17, 15) is 0 Å². The van der Waals surface area contributed by atoms with E-state index in [0.29, 0.717) is 5.13 Å². The van der Waals surface area contributed by atoms with Crippen molar-refractivity contribution in [3.8, 4) is 10.7 Å². The molecule has 0 aliphatic carbocycles. The highest BCUT2D eigenvalue weighted by atomic mass is 32.1. The van der Waals surface area contributed by atoms with Gasteiger partial charge in [0.25, 0.3) is 0 Å². The number of aromatic nitrogens is 4. The molecule has 0 aliphatic rings. The Hall–Kier alpha value is -1.43. The quantitative estimate of drug-likeness (QED) is 0.859. The topological polar surface area (TPSA) is 69.6 Å². The molecule has 2 aromatic rings. The Kier molecular flexibility index (Phi) is 2.68. The van der Waals surface area contributed by atoms with Gasteiger partial charge in [0.2, 0.25) is 0 Å². The number of aryl methyl sites for hydroxylation is 2. The molecule has 2 heterocycles. The van der Waals surface area contributed by atoms with Gasteiger partial charge in [-0.3, -0.25) is 0 Å². The molecular formula is C9H13N5S. The van der Waals surface area contributed by atoms with Gasteiger partial charge < -0.3 is 10.3 Å². The summed E-state index contributed by atoms with van der Waals surface area (Å²) >= 11 is 1.46. The summed E-state index contributed by atoms with van der Waals surface area (Å²) < 4.78 is 2.03. The lowest BCUT2D eigenvalue weighted by atomic mass is 10.3. The van der Waals surface area contributed by atoms with Crippen LogP contribution in [0.5, 0.6) is 0 Å². The number of anilines is 1. The molecule has 2 rings (SSSR count). The fraction of sp³-hybridized carbons (Fsp3) is 0.444. The van der Waals surface area contributed by atoms with Gasteiger partial charge in [0, 0.05) is 6.54 Å². The minimum Gasteiger partial charge on any atom is -0.375 e. The van der Waals surface area contributed by atoms with Crippen molar-refractivity contribution in [2.45, 2.75) is 26.8 Å². The highest BCUT2D eigenvalue weighted by molar-refractivity contribution is 7.18. The second-order valence-corrected chi connectivity index (χ2v) is 4.35. The molecule has 80 valence electrons. The van der Waals surface area contributed by atoms with Gasteiger partial charge in [0.1, 0.15) is 6.33 Å². The van der Waals surface area contributed by atoms with Crippen LogP contribution in [0.2, 0.25) is 0 Å². The first kappa shape index (κ1) is 10.1. The number of nitrogens with two attached hydrogens (primary N) is 1. The minimum absolute atomic E-state index is 0.577. The van der Waals surface area contributed by atoms with Crippen molar-refractivity contribution in [2.24, 2.45) is 0 Å². The van der Waals surface area contributed by atoms with E-state index in [-0.39, 0.29) is 0 Å². The molecule has 0 atom stereocenters. The van der Waals surface area contributed by atoms with Gasteiger partial charge >= 0.3 is 0 Å². The standard InChI is InChI=1S/C9H13N5S/c1-3-4-14-5-11-13-8(14)7-6(2)12-9(10)15-7/h5H,3-4H2,1-2H3,(H2,10,12). The van der Waals surface area contributed by atoms with Crippen molar-refractivity contribution in [1.82, 2.24) is 19.7 Å². The lowest BCUT2D eigenvalue weighted by Crippen LogP contribution is -1.97. The molecule has 0 bridgehead atoms. The summed E-state index contributed by atoms with van der Waals surface area (Å²) in [5.74, 6) is 0.864. The molecule has 0 amide bonds. The number of nitrogen functional groups attached to an aromatic ring is 1. The third-order valence-corrected chi connectivity index (χ3v) is 3.08. The van der Waals surface area contributed by atoms with Crippen LogP contribution in [-0.4, -0.2) is 19.7 Å². The van der Waals surface area contributed by atoms with Crippen LogP contribution in [0.3, 0.4) is 0 Å². The smallest absolute Gasteiger partial charge is 0.180 e. The molecule has 0 saturated heterocycles. The van der Waals surface area contributed by atoms with E-state index in [4.69, 9.17) is 5.73 Å². The number of hydrogen-bond acceptors (Lipinski definition) is 5. The Bertz CT molecular complexity index is 459. The first-order chi connectivity index (χ1) is 7.22. The van der Waals surface area contributed by atoms with Crippen LogP contribution in [0.4, 0.5) is 5.13 Å². The predicted molar refractivity (Wildman–Crippen MR) is 60.6 cm³/mol. The molecule has 0 unspecified atom stereocenters. The lowest BCUT2D eigenvalue weighted by Gasteiger charge is -2.02. The molecular weight excluding hydrogens is 210 g/mol. The zero-order chi connectivity index (χ0) is 10.8. The van der Waals surface area contributed by atoms with Crippen molar-refractivity contribution < 1.29 is 0 Å². The molecule has 15 heavy (non-hydrogen) atoms. The van der Waals surface area contributed by atoms with Crippen molar-refractivity contribution in [1.29, 1.82) is 0 Å². The predicted octanol–water partition coefficient (Wildman–Crippen LogP) is 1.70.